The minimum atomic E-state index is -0.400. The van der Waals surface area contributed by atoms with Crippen LogP contribution in [0.3, 0.4) is 0 Å². The number of rotatable bonds is 5. The predicted octanol–water partition coefficient (Wildman–Crippen LogP) is 4.85. The van der Waals surface area contributed by atoms with Crippen LogP contribution in [0.15, 0.2) is 83.6 Å². The van der Waals surface area contributed by atoms with E-state index in [-0.39, 0.29) is 11.7 Å². The van der Waals surface area contributed by atoms with Gasteiger partial charge in [-0.15, -0.1) is 0 Å². The van der Waals surface area contributed by atoms with Gasteiger partial charge >= 0.3 is 0 Å². The number of pyridine rings is 2. The molecule has 2 amide bonds. The predicted molar refractivity (Wildman–Crippen MR) is 147 cm³/mol. The largest absolute Gasteiger partial charge is 0.350 e. The van der Waals surface area contributed by atoms with E-state index in [9.17, 15) is 9.59 Å². The Bertz CT molecular complexity index is 1660. The fraction of sp³-hybridized carbons (Fsp3) is 0.167. The topological polar surface area (TPSA) is 127 Å². The molecule has 6 rings (SSSR count). The van der Waals surface area contributed by atoms with Crippen LogP contribution in [0.25, 0.3) is 44.5 Å². The maximum atomic E-state index is 12.7. The average molecular weight is 519 g/mol. The molecule has 2 aromatic carbocycles. The minimum Gasteiger partial charge on any atom is -0.350 e. The Labute approximate surface area is 224 Å². The molecule has 39 heavy (non-hydrogen) atoms. The molecule has 3 aromatic heterocycles. The Balaban J connectivity index is 1.22. The highest BCUT2D eigenvalue weighted by atomic mass is 16.5. The van der Waals surface area contributed by atoms with Crippen LogP contribution in [0.4, 0.5) is 0 Å². The third-order valence-electron chi connectivity index (χ3n) is 7.04. The lowest BCUT2D eigenvalue weighted by Gasteiger charge is -2.25. The molecule has 9 nitrogen and oxygen atoms in total. The molecule has 0 bridgehead atoms. The number of carbonyl (C=O) groups excluding carboxylic acids is 2. The first-order valence-electron chi connectivity index (χ1n) is 12.8. The summed E-state index contributed by atoms with van der Waals surface area (Å²) in [7, 11) is 0. The van der Waals surface area contributed by atoms with E-state index >= 15 is 0 Å². The number of nitrogens with zero attached hydrogens (tertiary/aromatic N) is 4. The van der Waals surface area contributed by atoms with Gasteiger partial charge in [-0.1, -0.05) is 53.7 Å². The molecule has 0 atom stereocenters. The van der Waals surface area contributed by atoms with Crippen molar-refractivity contribution in [3.05, 3.63) is 90.4 Å². The molecule has 0 radical (unpaired) electrons. The van der Waals surface area contributed by atoms with Gasteiger partial charge in [0.2, 0.25) is 5.76 Å². The summed E-state index contributed by atoms with van der Waals surface area (Å²) in [5.41, 5.74) is 8.36. The van der Waals surface area contributed by atoms with Gasteiger partial charge in [0.15, 0.2) is 0 Å². The Hall–Kier alpha value is -4.89. The summed E-state index contributed by atoms with van der Waals surface area (Å²) in [6, 6.07) is 21.1. The highest BCUT2D eigenvalue weighted by molar-refractivity contribution is 6.06. The van der Waals surface area contributed by atoms with Crippen LogP contribution in [0.2, 0.25) is 0 Å². The van der Waals surface area contributed by atoms with Crippen molar-refractivity contribution in [3.63, 3.8) is 0 Å². The van der Waals surface area contributed by atoms with E-state index in [4.69, 9.17) is 15.3 Å². The van der Waals surface area contributed by atoms with E-state index in [1.165, 1.54) is 0 Å². The van der Waals surface area contributed by atoms with Crippen LogP contribution in [-0.4, -0.2) is 44.9 Å². The first kappa shape index (κ1) is 24.4. The number of aromatic nitrogens is 3. The quantitative estimate of drug-likeness (QED) is 0.193. The van der Waals surface area contributed by atoms with E-state index in [2.05, 4.69) is 15.6 Å². The maximum absolute atomic E-state index is 12.7. The van der Waals surface area contributed by atoms with Crippen LogP contribution >= 0.6 is 0 Å². The second kappa shape index (κ2) is 10.5. The second-order valence-corrected chi connectivity index (χ2v) is 9.51. The minimum absolute atomic E-state index is 0.0986. The highest BCUT2D eigenvalue weighted by Gasteiger charge is 2.22. The Morgan fingerprint density at radius 2 is 1.46 bits per heavy atom. The van der Waals surface area contributed by atoms with Crippen molar-refractivity contribution >= 4 is 22.7 Å². The second-order valence-electron chi connectivity index (χ2n) is 9.51. The van der Waals surface area contributed by atoms with Crippen molar-refractivity contribution < 1.29 is 14.1 Å². The van der Waals surface area contributed by atoms with Gasteiger partial charge in [0.1, 0.15) is 5.69 Å². The zero-order chi connectivity index (χ0) is 26.8. The van der Waals surface area contributed by atoms with E-state index in [0.717, 1.165) is 54.6 Å². The fourth-order valence-corrected chi connectivity index (χ4v) is 4.91. The third kappa shape index (κ3) is 4.87. The van der Waals surface area contributed by atoms with E-state index in [0.29, 0.717) is 27.9 Å². The number of nitrogens with two attached hydrogens (primary N) is 1. The normalized spacial score (nSPS) is 13.4. The number of amides is 2. The summed E-state index contributed by atoms with van der Waals surface area (Å²) in [5, 5.41) is 4.76. The third-order valence-corrected chi connectivity index (χ3v) is 7.04. The van der Waals surface area contributed by atoms with E-state index in [1.54, 1.807) is 30.6 Å². The summed E-state index contributed by atoms with van der Waals surface area (Å²) in [4.78, 5) is 35.7. The van der Waals surface area contributed by atoms with Gasteiger partial charge in [0.05, 0.1) is 16.8 Å². The number of fused-ring (bicyclic) bond motifs is 1. The van der Waals surface area contributed by atoms with Crippen LogP contribution in [-0.2, 0) is 0 Å². The van der Waals surface area contributed by atoms with Gasteiger partial charge in [-0.25, -0.2) is 10.8 Å². The van der Waals surface area contributed by atoms with Gasteiger partial charge in [-0.2, -0.15) is 0 Å². The smallest absolute Gasteiger partial charge is 0.292 e. The molecule has 0 aliphatic carbocycles. The monoisotopic (exact) mass is 518 g/mol. The molecule has 9 heteroatoms. The zero-order valence-corrected chi connectivity index (χ0v) is 21.1. The Morgan fingerprint density at radius 3 is 2.13 bits per heavy atom. The van der Waals surface area contributed by atoms with Crippen LogP contribution in [0.5, 0.6) is 0 Å². The summed E-state index contributed by atoms with van der Waals surface area (Å²) in [6.07, 6.45) is 6.46. The van der Waals surface area contributed by atoms with Crippen molar-refractivity contribution in [1.82, 2.24) is 25.5 Å². The van der Waals surface area contributed by atoms with Crippen molar-refractivity contribution in [1.29, 1.82) is 0 Å². The van der Waals surface area contributed by atoms with Crippen molar-refractivity contribution in [2.75, 3.05) is 13.1 Å². The van der Waals surface area contributed by atoms with Gasteiger partial charge in [0.25, 0.3) is 11.8 Å². The van der Waals surface area contributed by atoms with Crippen LogP contribution in [0.1, 0.15) is 40.2 Å². The summed E-state index contributed by atoms with van der Waals surface area (Å²) in [5.74, 6) is 5.17. The first-order valence-corrected chi connectivity index (χ1v) is 12.8. The number of likely N-dealkylation sites (tertiary alicyclic amines) is 1. The molecular formula is C30H26N6O3. The number of nitrogens with one attached hydrogen (secondary N) is 1. The Morgan fingerprint density at radius 1 is 0.821 bits per heavy atom. The lowest BCUT2D eigenvalue weighted by molar-refractivity contribution is 0.0682. The number of piperidine rings is 1. The molecule has 1 aliphatic heterocycles. The average Bonchev–Trinajstić information content (AvgIpc) is 3.51. The maximum Gasteiger partial charge on any atom is 0.292 e. The lowest BCUT2D eigenvalue weighted by Crippen LogP contribution is -2.35. The number of benzene rings is 2. The van der Waals surface area contributed by atoms with Crippen LogP contribution < -0.4 is 11.3 Å². The molecule has 1 aliphatic rings. The molecule has 1 fully saturated rings. The summed E-state index contributed by atoms with van der Waals surface area (Å²) in [6.45, 7) is 1.53. The van der Waals surface area contributed by atoms with Crippen molar-refractivity contribution in [2.45, 2.75) is 19.3 Å². The Kier molecular flexibility index (Phi) is 6.56. The standard InChI is InChI=1S/C30H26N6O3/c31-34-29(37)23-16-26(33-25-12-13-32-18-24(23)25)21-8-4-19(5-9-21)20-6-10-22(11-7-20)27-17-28(39-35-27)30(38)36-14-2-1-3-15-36/h4-13,16-18H,1-3,14-15,31H2,(H,34,37). The fourth-order valence-electron chi connectivity index (χ4n) is 4.91. The van der Waals surface area contributed by atoms with E-state index in [1.807, 2.05) is 53.4 Å². The molecule has 4 heterocycles. The van der Waals surface area contributed by atoms with Crippen molar-refractivity contribution in [3.8, 4) is 33.6 Å². The molecule has 194 valence electrons. The molecule has 0 unspecified atom stereocenters. The number of hydrogen-bond acceptors (Lipinski definition) is 7. The zero-order valence-electron chi connectivity index (χ0n) is 21.1. The number of carbonyl (C=O) groups is 2. The van der Waals surface area contributed by atoms with Crippen molar-refractivity contribution in [2.24, 2.45) is 5.84 Å². The van der Waals surface area contributed by atoms with Gasteiger partial charge < -0.3 is 9.42 Å². The highest BCUT2D eigenvalue weighted by Crippen LogP contribution is 2.29. The molecule has 5 aromatic rings. The first-order chi connectivity index (χ1) is 19.1. The number of nitrogen functional groups attached to an aromatic ring is 1. The number of hydrazine groups is 1. The van der Waals surface area contributed by atoms with Gasteiger partial charge in [-0.3, -0.25) is 20.0 Å². The lowest BCUT2D eigenvalue weighted by atomic mass is 9.99. The molecule has 1 saturated heterocycles. The molecule has 3 N–H and O–H groups in total. The molecule has 0 saturated carbocycles. The van der Waals surface area contributed by atoms with Crippen LogP contribution in [0, 0.1) is 0 Å². The van der Waals surface area contributed by atoms with E-state index < -0.39 is 5.91 Å². The van der Waals surface area contributed by atoms with Gasteiger partial charge in [0, 0.05) is 48.1 Å². The summed E-state index contributed by atoms with van der Waals surface area (Å²) < 4.78 is 5.38. The molecule has 0 spiro atoms. The number of hydrogen-bond donors (Lipinski definition) is 2. The van der Waals surface area contributed by atoms with Gasteiger partial charge in [-0.05, 0) is 42.5 Å². The SMILES string of the molecule is NNC(=O)c1cc(-c2ccc(-c3ccc(-c4cc(C(=O)N5CCCCC5)on4)cc3)cc2)nc2ccncc12. The molecular weight excluding hydrogens is 492 g/mol. The summed E-state index contributed by atoms with van der Waals surface area (Å²) >= 11 is 0.